The van der Waals surface area contributed by atoms with Gasteiger partial charge in [0.05, 0.1) is 6.61 Å². The number of hydrogen-bond donors (Lipinski definition) is 3. The van der Waals surface area contributed by atoms with Crippen LogP contribution in [0.2, 0.25) is 0 Å². The van der Waals surface area contributed by atoms with Gasteiger partial charge in [-0.1, -0.05) is 26.0 Å². The maximum atomic E-state index is 12.5. The van der Waals surface area contributed by atoms with Crippen LogP contribution in [0.3, 0.4) is 0 Å². The first-order valence-corrected chi connectivity index (χ1v) is 9.36. The highest BCUT2D eigenvalue weighted by atomic mass is 16.5. The Bertz CT molecular complexity index is 708. The molecule has 6 nitrogen and oxygen atoms in total. The maximum Gasteiger partial charge on any atom is 0.251 e. The van der Waals surface area contributed by atoms with E-state index in [0.717, 1.165) is 0 Å². The van der Waals surface area contributed by atoms with Crippen LogP contribution in [0.25, 0.3) is 0 Å². The van der Waals surface area contributed by atoms with Gasteiger partial charge in [0.2, 0.25) is 5.91 Å². The fraction of sp³-hybridized carbons (Fsp3) is 0.476. The van der Waals surface area contributed by atoms with Crippen LogP contribution in [0.4, 0.5) is 0 Å². The Morgan fingerprint density at radius 1 is 1.30 bits per heavy atom. The summed E-state index contributed by atoms with van der Waals surface area (Å²) in [5.41, 5.74) is 2.96. The molecule has 0 spiro atoms. The molecule has 0 saturated heterocycles. The molecular weight excluding hydrogens is 342 g/mol. The monoisotopic (exact) mass is 371 g/mol. The van der Waals surface area contributed by atoms with Gasteiger partial charge in [-0.25, -0.2) is 0 Å². The highest BCUT2D eigenvalue weighted by molar-refractivity contribution is 6.04. The van der Waals surface area contributed by atoms with Gasteiger partial charge < -0.3 is 20.8 Å². The fourth-order valence-electron chi connectivity index (χ4n) is 3.01. The highest BCUT2D eigenvalue weighted by Crippen LogP contribution is 2.21. The quantitative estimate of drug-likeness (QED) is 0.508. The molecule has 1 aromatic rings. The molecule has 0 aromatic heterocycles. The summed E-state index contributed by atoms with van der Waals surface area (Å²) in [5, 5.41) is 13.8. The summed E-state index contributed by atoms with van der Waals surface area (Å²) >= 11 is 0. The highest BCUT2D eigenvalue weighted by Gasteiger charge is 2.23. The SMILES string of the molecule is COCCNC(=O)/C=C1/CC(NC(=O)c2ccc(C(C)C)cc2)CCC1=N. The molecule has 3 N–H and O–H groups in total. The third kappa shape index (κ3) is 6.32. The van der Waals surface area contributed by atoms with Gasteiger partial charge >= 0.3 is 0 Å². The molecule has 1 fully saturated rings. The van der Waals surface area contributed by atoms with E-state index in [2.05, 4.69) is 24.5 Å². The van der Waals surface area contributed by atoms with E-state index in [0.29, 0.717) is 55.2 Å². The second-order valence-electron chi connectivity index (χ2n) is 7.12. The molecule has 2 rings (SSSR count). The lowest BCUT2D eigenvalue weighted by Gasteiger charge is -2.26. The van der Waals surface area contributed by atoms with Crippen molar-refractivity contribution in [1.82, 2.24) is 10.6 Å². The topological polar surface area (TPSA) is 91.3 Å². The number of rotatable bonds is 7. The number of benzene rings is 1. The van der Waals surface area contributed by atoms with E-state index < -0.39 is 0 Å². The summed E-state index contributed by atoms with van der Waals surface area (Å²) in [6.45, 7) is 5.11. The molecule has 1 aliphatic carbocycles. The Kier molecular flexibility index (Phi) is 7.73. The fourth-order valence-corrected chi connectivity index (χ4v) is 3.01. The zero-order valence-electron chi connectivity index (χ0n) is 16.3. The number of carbonyl (C=O) groups is 2. The molecule has 1 aliphatic rings. The molecule has 1 saturated carbocycles. The molecule has 0 bridgehead atoms. The van der Waals surface area contributed by atoms with Crippen LogP contribution in [0, 0.1) is 5.41 Å². The van der Waals surface area contributed by atoms with Gasteiger partial charge in [0.25, 0.3) is 5.91 Å². The van der Waals surface area contributed by atoms with Crippen LogP contribution in [0.15, 0.2) is 35.9 Å². The average Bonchev–Trinajstić information content (AvgIpc) is 2.64. The summed E-state index contributed by atoms with van der Waals surface area (Å²) < 4.78 is 4.90. The first-order chi connectivity index (χ1) is 12.9. The Morgan fingerprint density at radius 3 is 2.63 bits per heavy atom. The van der Waals surface area contributed by atoms with Crippen molar-refractivity contribution in [1.29, 1.82) is 5.41 Å². The van der Waals surface area contributed by atoms with E-state index in [-0.39, 0.29) is 17.9 Å². The van der Waals surface area contributed by atoms with Crippen LogP contribution in [-0.4, -0.2) is 43.8 Å². The van der Waals surface area contributed by atoms with Crippen molar-refractivity contribution in [2.75, 3.05) is 20.3 Å². The van der Waals surface area contributed by atoms with Gasteiger partial charge in [-0.15, -0.1) is 0 Å². The lowest BCUT2D eigenvalue weighted by molar-refractivity contribution is -0.116. The summed E-state index contributed by atoms with van der Waals surface area (Å²) in [6.07, 6.45) is 3.21. The Labute approximate surface area is 160 Å². The molecule has 1 unspecified atom stereocenters. The molecule has 0 radical (unpaired) electrons. The minimum Gasteiger partial charge on any atom is -0.383 e. The van der Waals surface area contributed by atoms with Crippen molar-refractivity contribution >= 4 is 17.5 Å². The predicted octanol–water partition coefficient (Wildman–Crippen LogP) is 2.80. The summed E-state index contributed by atoms with van der Waals surface area (Å²) in [6, 6.07) is 7.57. The third-order valence-electron chi connectivity index (χ3n) is 4.68. The van der Waals surface area contributed by atoms with E-state index in [1.54, 1.807) is 7.11 Å². The lowest BCUT2D eigenvalue weighted by atomic mass is 9.88. The molecule has 1 aromatic carbocycles. The van der Waals surface area contributed by atoms with Crippen molar-refractivity contribution in [2.24, 2.45) is 0 Å². The third-order valence-corrected chi connectivity index (χ3v) is 4.68. The van der Waals surface area contributed by atoms with Crippen molar-refractivity contribution in [2.45, 2.75) is 45.1 Å². The van der Waals surface area contributed by atoms with Crippen molar-refractivity contribution < 1.29 is 14.3 Å². The summed E-state index contributed by atoms with van der Waals surface area (Å²) in [5.74, 6) is 0.0740. The smallest absolute Gasteiger partial charge is 0.251 e. The van der Waals surface area contributed by atoms with Crippen LogP contribution in [-0.2, 0) is 9.53 Å². The maximum absolute atomic E-state index is 12.5. The Balaban J connectivity index is 1.95. The molecule has 27 heavy (non-hydrogen) atoms. The molecular formula is C21H29N3O3. The van der Waals surface area contributed by atoms with Crippen LogP contribution in [0.1, 0.15) is 54.9 Å². The van der Waals surface area contributed by atoms with Crippen molar-refractivity contribution in [3.05, 3.63) is 47.0 Å². The van der Waals surface area contributed by atoms with Crippen LogP contribution in [0.5, 0.6) is 0 Å². The lowest BCUT2D eigenvalue weighted by Crippen LogP contribution is -2.39. The van der Waals surface area contributed by atoms with Gasteiger partial charge in [-0.05, 0) is 48.4 Å². The molecule has 0 heterocycles. The standard InChI is InChI=1S/C21H29N3O3/c1-14(2)15-4-6-16(7-5-15)21(26)24-18-8-9-19(22)17(12-18)13-20(25)23-10-11-27-3/h4-7,13-14,18,22H,8-12H2,1-3H3,(H,23,25)(H,24,26)/b17-13-,22-19?. The van der Waals surface area contributed by atoms with E-state index >= 15 is 0 Å². The zero-order chi connectivity index (χ0) is 19.8. The Morgan fingerprint density at radius 2 is 2.00 bits per heavy atom. The zero-order valence-corrected chi connectivity index (χ0v) is 16.3. The second kappa shape index (κ2) is 10.0. The minimum atomic E-state index is -0.233. The summed E-state index contributed by atoms with van der Waals surface area (Å²) in [7, 11) is 1.57. The molecule has 2 amide bonds. The molecule has 0 aliphatic heterocycles. The number of amides is 2. The van der Waals surface area contributed by atoms with Gasteiger partial charge in [-0.2, -0.15) is 0 Å². The first kappa shape index (κ1) is 20.8. The van der Waals surface area contributed by atoms with Gasteiger partial charge in [-0.3, -0.25) is 9.59 Å². The molecule has 6 heteroatoms. The van der Waals surface area contributed by atoms with Gasteiger partial charge in [0, 0.05) is 37.0 Å². The number of nitrogens with one attached hydrogen (secondary N) is 3. The summed E-state index contributed by atoms with van der Waals surface area (Å²) in [4.78, 5) is 24.4. The Hall–Kier alpha value is -2.47. The number of carbonyl (C=O) groups excluding carboxylic acids is 2. The number of methoxy groups -OCH3 is 1. The van der Waals surface area contributed by atoms with Crippen LogP contribution >= 0.6 is 0 Å². The number of ether oxygens (including phenoxy) is 1. The van der Waals surface area contributed by atoms with E-state index in [9.17, 15) is 9.59 Å². The van der Waals surface area contributed by atoms with Crippen LogP contribution < -0.4 is 10.6 Å². The largest absolute Gasteiger partial charge is 0.383 e. The van der Waals surface area contributed by atoms with E-state index in [1.807, 2.05) is 24.3 Å². The number of hydrogen-bond acceptors (Lipinski definition) is 4. The average molecular weight is 371 g/mol. The minimum absolute atomic E-state index is 0.0746. The van der Waals surface area contributed by atoms with Crippen molar-refractivity contribution in [3.8, 4) is 0 Å². The first-order valence-electron chi connectivity index (χ1n) is 9.36. The van der Waals surface area contributed by atoms with Crippen molar-refractivity contribution in [3.63, 3.8) is 0 Å². The molecule has 1 atom stereocenters. The van der Waals surface area contributed by atoms with Gasteiger partial charge in [0.1, 0.15) is 0 Å². The van der Waals surface area contributed by atoms with Gasteiger partial charge in [0.15, 0.2) is 0 Å². The molecule has 146 valence electrons. The van der Waals surface area contributed by atoms with E-state index in [4.69, 9.17) is 10.1 Å². The van der Waals surface area contributed by atoms with E-state index in [1.165, 1.54) is 11.6 Å². The second-order valence-corrected chi connectivity index (χ2v) is 7.12. The predicted molar refractivity (Wildman–Crippen MR) is 106 cm³/mol. The normalized spacial score (nSPS) is 18.6.